The van der Waals surface area contributed by atoms with Gasteiger partial charge in [0.15, 0.2) is 5.16 Å². The Morgan fingerprint density at radius 2 is 1.76 bits per heavy atom. The van der Waals surface area contributed by atoms with Crippen LogP contribution in [-0.2, 0) is 5.75 Å². The normalized spacial score (nSPS) is 13.6. The van der Waals surface area contributed by atoms with E-state index in [0.717, 1.165) is 56.9 Å². The van der Waals surface area contributed by atoms with Crippen molar-refractivity contribution < 1.29 is 4.79 Å². The maximum atomic E-state index is 12.5. The van der Waals surface area contributed by atoms with E-state index in [1.54, 1.807) is 0 Å². The first kappa shape index (κ1) is 27.3. The van der Waals surface area contributed by atoms with Crippen LogP contribution in [0.3, 0.4) is 0 Å². The van der Waals surface area contributed by atoms with Gasteiger partial charge in [-0.15, -0.1) is 0 Å². The van der Waals surface area contributed by atoms with Gasteiger partial charge in [0.05, 0.1) is 0 Å². The Morgan fingerprint density at radius 3 is 2.54 bits per heavy atom. The highest BCUT2D eigenvalue weighted by Gasteiger charge is 2.20. The van der Waals surface area contributed by atoms with Crippen LogP contribution < -0.4 is 15.1 Å². The number of unbranched alkanes of at least 4 members (excludes halogenated alkanes) is 3. The lowest BCUT2D eigenvalue weighted by atomic mass is 10.1. The molecule has 1 aliphatic heterocycles. The Hall–Kier alpha value is -2.77. The van der Waals surface area contributed by atoms with Crippen LogP contribution >= 0.6 is 23.4 Å². The third-order valence-corrected chi connectivity index (χ3v) is 7.71. The molecule has 2 aromatic carbocycles. The highest BCUT2D eigenvalue weighted by molar-refractivity contribution is 7.98. The van der Waals surface area contributed by atoms with Crippen LogP contribution in [0.15, 0.2) is 59.8 Å². The molecule has 37 heavy (non-hydrogen) atoms. The van der Waals surface area contributed by atoms with E-state index in [1.165, 1.54) is 35.9 Å². The fourth-order valence-electron chi connectivity index (χ4n) is 4.51. The number of carbonyl (C=O) groups excluding carboxylic acids is 1. The maximum absolute atomic E-state index is 12.5. The summed E-state index contributed by atoms with van der Waals surface area (Å²) in [5.74, 6) is 1.51. The predicted molar refractivity (Wildman–Crippen MR) is 155 cm³/mol. The van der Waals surface area contributed by atoms with Crippen molar-refractivity contribution in [2.75, 3.05) is 42.5 Å². The molecule has 196 valence electrons. The van der Waals surface area contributed by atoms with E-state index in [9.17, 15) is 4.79 Å². The minimum Gasteiger partial charge on any atom is -0.368 e. The molecule has 1 aliphatic rings. The second-order valence-corrected chi connectivity index (χ2v) is 10.7. The average molecular weight is 538 g/mol. The molecular weight excluding hydrogens is 502 g/mol. The molecule has 1 saturated heterocycles. The number of nitrogens with one attached hydrogen (secondary N) is 1. The lowest BCUT2D eigenvalue weighted by Crippen LogP contribution is -2.47. The van der Waals surface area contributed by atoms with Crippen LogP contribution in [0.5, 0.6) is 0 Å². The minimum absolute atomic E-state index is 0.0190. The van der Waals surface area contributed by atoms with Gasteiger partial charge in [-0.05, 0) is 42.7 Å². The summed E-state index contributed by atoms with van der Waals surface area (Å²) in [6, 6.07) is 18.1. The lowest BCUT2D eigenvalue weighted by Gasteiger charge is -2.37. The first-order chi connectivity index (χ1) is 18.0. The number of rotatable bonds is 11. The van der Waals surface area contributed by atoms with Gasteiger partial charge < -0.3 is 15.1 Å². The first-order valence-electron chi connectivity index (χ1n) is 13.1. The zero-order chi connectivity index (χ0) is 26.0. The monoisotopic (exact) mass is 537 g/mol. The van der Waals surface area contributed by atoms with Gasteiger partial charge in [0, 0.05) is 55.8 Å². The van der Waals surface area contributed by atoms with Gasteiger partial charge in [-0.2, -0.15) is 0 Å². The highest BCUT2D eigenvalue weighted by Crippen LogP contribution is 2.27. The molecule has 6 nitrogen and oxygen atoms in total. The molecule has 3 aromatic rings. The summed E-state index contributed by atoms with van der Waals surface area (Å²) >= 11 is 7.93. The van der Waals surface area contributed by atoms with E-state index < -0.39 is 0 Å². The Kier molecular flexibility index (Phi) is 10.1. The number of hydrogen-bond donors (Lipinski definition) is 1. The summed E-state index contributed by atoms with van der Waals surface area (Å²) in [4.78, 5) is 26.5. The number of aromatic nitrogens is 2. The number of thioether (sulfide) groups is 1. The summed E-state index contributed by atoms with van der Waals surface area (Å²) < 4.78 is 0. The standard InChI is InChI=1S/C29H36ClN5OS/c1-3-4-5-8-14-31-28(36)24-12-9-11-23(19-24)21-37-29-32-26(30)20-27(33-29)35-17-15-34(16-18-35)25-13-7-6-10-22(25)2/h6-7,9-13,19-20H,3-5,8,14-18,21H2,1-2H3,(H,31,36). The molecule has 0 unspecified atom stereocenters. The minimum atomic E-state index is -0.0190. The molecule has 4 rings (SSSR count). The lowest BCUT2D eigenvalue weighted by molar-refractivity contribution is 0.0953. The summed E-state index contributed by atoms with van der Waals surface area (Å²) in [5, 5.41) is 4.13. The fraction of sp³-hybridized carbons (Fsp3) is 0.414. The van der Waals surface area contributed by atoms with Crippen molar-refractivity contribution in [1.29, 1.82) is 0 Å². The SMILES string of the molecule is CCCCCCNC(=O)c1cccc(CSc2nc(Cl)cc(N3CCN(c4ccccc4C)CC3)n2)c1. The van der Waals surface area contributed by atoms with Gasteiger partial charge in [0.1, 0.15) is 11.0 Å². The Balaban J connectivity index is 1.32. The summed E-state index contributed by atoms with van der Waals surface area (Å²) in [7, 11) is 0. The number of benzene rings is 2. The Bertz CT molecular complexity index is 1180. The predicted octanol–water partition coefficient (Wildman–Crippen LogP) is 6.37. The van der Waals surface area contributed by atoms with Gasteiger partial charge in [-0.3, -0.25) is 4.79 Å². The molecule has 0 saturated carbocycles. The van der Waals surface area contributed by atoms with E-state index in [4.69, 9.17) is 16.6 Å². The van der Waals surface area contributed by atoms with Crippen molar-refractivity contribution in [3.8, 4) is 0 Å². The molecule has 1 amide bonds. The van der Waals surface area contributed by atoms with Crippen molar-refractivity contribution >= 4 is 40.8 Å². The smallest absolute Gasteiger partial charge is 0.251 e. The van der Waals surface area contributed by atoms with E-state index in [-0.39, 0.29) is 5.91 Å². The third-order valence-electron chi connectivity index (χ3n) is 6.59. The molecule has 8 heteroatoms. The quantitative estimate of drug-likeness (QED) is 0.133. The van der Waals surface area contributed by atoms with Crippen LogP contribution in [0.4, 0.5) is 11.5 Å². The van der Waals surface area contributed by atoms with Crippen molar-refractivity contribution in [1.82, 2.24) is 15.3 Å². The molecule has 1 fully saturated rings. The van der Waals surface area contributed by atoms with Gasteiger partial charge in [0.2, 0.25) is 0 Å². The van der Waals surface area contributed by atoms with Crippen LogP contribution in [0, 0.1) is 6.92 Å². The van der Waals surface area contributed by atoms with Gasteiger partial charge in [0.25, 0.3) is 5.91 Å². The largest absolute Gasteiger partial charge is 0.368 e. The van der Waals surface area contributed by atoms with Crippen molar-refractivity contribution in [3.63, 3.8) is 0 Å². The molecule has 0 bridgehead atoms. The number of aryl methyl sites for hydroxylation is 1. The number of hydrogen-bond acceptors (Lipinski definition) is 6. The zero-order valence-electron chi connectivity index (χ0n) is 21.8. The van der Waals surface area contributed by atoms with Crippen LogP contribution in [0.25, 0.3) is 0 Å². The highest BCUT2D eigenvalue weighted by atomic mass is 35.5. The topological polar surface area (TPSA) is 61.4 Å². The van der Waals surface area contributed by atoms with Gasteiger partial charge in [-0.25, -0.2) is 9.97 Å². The number of nitrogens with zero attached hydrogens (tertiary/aromatic N) is 4. The summed E-state index contributed by atoms with van der Waals surface area (Å²) in [6.45, 7) is 8.68. The van der Waals surface area contributed by atoms with Crippen LogP contribution in [0.2, 0.25) is 5.15 Å². The molecule has 1 aromatic heterocycles. The molecular formula is C29H36ClN5OS. The van der Waals surface area contributed by atoms with Crippen molar-refractivity contribution in [3.05, 3.63) is 76.4 Å². The molecule has 0 aliphatic carbocycles. The second-order valence-electron chi connectivity index (χ2n) is 9.40. The van der Waals surface area contributed by atoms with Crippen LogP contribution in [0.1, 0.15) is 54.1 Å². The number of piperazine rings is 1. The zero-order valence-corrected chi connectivity index (χ0v) is 23.3. The number of anilines is 2. The number of amides is 1. The van der Waals surface area contributed by atoms with Crippen molar-refractivity contribution in [2.45, 2.75) is 50.4 Å². The average Bonchev–Trinajstić information content (AvgIpc) is 2.92. The number of carbonyl (C=O) groups is 1. The number of halogens is 1. The maximum Gasteiger partial charge on any atom is 0.251 e. The van der Waals surface area contributed by atoms with E-state index in [1.807, 2.05) is 30.3 Å². The molecule has 0 spiro atoms. The summed E-state index contributed by atoms with van der Waals surface area (Å²) in [5.41, 5.74) is 4.34. The molecule has 1 N–H and O–H groups in total. The Morgan fingerprint density at radius 1 is 0.973 bits per heavy atom. The first-order valence-corrected chi connectivity index (χ1v) is 14.5. The third kappa shape index (κ3) is 7.86. The van der Waals surface area contributed by atoms with E-state index >= 15 is 0 Å². The van der Waals surface area contributed by atoms with Gasteiger partial charge >= 0.3 is 0 Å². The molecule has 0 radical (unpaired) electrons. The van der Waals surface area contributed by atoms with Gasteiger partial charge in [-0.1, -0.05) is 79.9 Å². The Labute approximate surface area is 229 Å². The molecule has 2 heterocycles. The number of para-hydroxylation sites is 1. The van der Waals surface area contributed by atoms with E-state index in [2.05, 4.69) is 58.2 Å². The van der Waals surface area contributed by atoms with Crippen LogP contribution in [-0.4, -0.2) is 48.6 Å². The fourth-order valence-corrected chi connectivity index (χ4v) is 5.54. The second kappa shape index (κ2) is 13.7. The molecule has 0 atom stereocenters. The van der Waals surface area contributed by atoms with Crippen molar-refractivity contribution in [2.24, 2.45) is 0 Å². The van der Waals surface area contributed by atoms with E-state index in [0.29, 0.717) is 21.6 Å². The summed E-state index contributed by atoms with van der Waals surface area (Å²) in [6.07, 6.45) is 4.57.